The van der Waals surface area contributed by atoms with E-state index in [1.165, 1.54) is 25.8 Å². The molecule has 2 aromatic rings. The van der Waals surface area contributed by atoms with Gasteiger partial charge in [-0.1, -0.05) is 44.9 Å². The average Bonchev–Trinajstić information content (AvgIpc) is 2.97. The first-order valence-electron chi connectivity index (χ1n) is 12.2. The second-order valence-corrected chi connectivity index (χ2v) is 12.5. The van der Waals surface area contributed by atoms with Gasteiger partial charge in [0, 0.05) is 23.7 Å². The maximum Gasteiger partial charge on any atom is 0.341 e. The van der Waals surface area contributed by atoms with Gasteiger partial charge in [-0.3, -0.25) is 0 Å². The van der Waals surface area contributed by atoms with E-state index in [1.807, 2.05) is 42.7 Å². The first-order valence-corrected chi connectivity index (χ1v) is 15.1. The van der Waals surface area contributed by atoms with Gasteiger partial charge in [-0.15, -0.1) is 11.8 Å². The summed E-state index contributed by atoms with van der Waals surface area (Å²) < 4.78 is 38.3. The molecule has 1 N–H and O–H groups in total. The highest BCUT2D eigenvalue weighted by Gasteiger charge is 2.42. The van der Waals surface area contributed by atoms with Gasteiger partial charge in [0.2, 0.25) is 0 Å². The van der Waals surface area contributed by atoms with E-state index in [9.17, 15) is 18.3 Å². The Bertz CT molecular complexity index is 1170. The van der Waals surface area contributed by atoms with Gasteiger partial charge in [-0.05, 0) is 44.2 Å². The van der Waals surface area contributed by atoms with Crippen LogP contribution in [0.4, 0.5) is 11.4 Å². The van der Waals surface area contributed by atoms with Crippen molar-refractivity contribution in [3.05, 3.63) is 42.5 Å². The Hall–Kier alpha value is -2.23. The topological polar surface area (TPSA) is 93.1 Å². The van der Waals surface area contributed by atoms with Gasteiger partial charge in [-0.25, -0.2) is 13.2 Å². The molecule has 2 atom stereocenters. The van der Waals surface area contributed by atoms with Crippen molar-refractivity contribution in [2.24, 2.45) is 5.41 Å². The molecule has 0 aromatic heterocycles. The van der Waals surface area contributed by atoms with Crippen LogP contribution in [0.25, 0.3) is 0 Å². The number of anilines is 2. The van der Waals surface area contributed by atoms with Crippen LogP contribution >= 0.6 is 11.8 Å². The molecule has 2 aromatic carbocycles. The molecule has 0 fully saturated rings. The average molecular weight is 536 g/mol. The van der Waals surface area contributed by atoms with Crippen molar-refractivity contribution in [1.82, 2.24) is 0 Å². The Morgan fingerprint density at radius 3 is 2.50 bits per heavy atom. The summed E-state index contributed by atoms with van der Waals surface area (Å²) in [4.78, 5) is 14.9. The molecule has 36 heavy (non-hydrogen) atoms. The summed E-state index contributed by atoms with van der Waals surface area (Å²) >= 11 is 1.41. The Labute approximate surface area is 219 Å². The normalized spacial score (nSPS) is 20.7. The molecule has 7 nitrogen and oxygen atoms in total. The zero-order valence-corrected chi connectivity index (χ0v) is 23.4. The number of fused-ring (bicyclic) bond motifs is 1. The number of unbranched alkanes of at least 4 members (excludes halogenated alkanes) is 1. The van der Waals surface area contributed by atoms with Crippen molar-refractivity contribution in [3.63, 3.8) is 0 Å². The van der Waals surface area contributed by atoms with E-state index in [0.717, 1.165) is 31.4 Å². The Morgan fingerprint density at radius 2 is 1.92 bits per heavy atom. The number of nitrogens with zero attached hydrogens (tertiary/aromatic N) is 1. The lowest BCUT2D eigenvalue weighted by Gasteiger charge is -2.36. The number of benzene rings is 2. The molecule has 0 saturated heterocycles. The van der Waals surface area contributed by atoms with Crippen LogP contribution in [0, 0.1) is 5.41 Å². The molecule has 9 heteroatoms. The molecule has 0 bridgehead atoms. The molecule has 1 aliphatic rings. The number of hydrogen-bond acceptors (Lipinski definition) is 8. The lowest BCUT2D eigenvalue weighted by Crippen LogP contribution is -2.42. The summed E-state index contributed by atoms with van der Waals surface area (Å²) in [6, 6.07) is 13.2. The molecule has 0 amide bonds. The fraction of sp³-hybridized carbons (Fsp3) is 0.519. The number of rotatable bonds is 10. The van der Waals surface area contributed by atoms with Crippen molar-refractivity contribution in [2.45, 2.75) is 61.8 Å². The summed E-state index contributed by atoms with van der Waals surface area (Å²) in [5, 5.41) is 10.4. The van der Waals surface area contributed by atoms with Crippen molar-refractivity contribution in [3.8, 4) is 5.75 Å². The van der Waals surface area contributed by atoms with Gasteiger partial charge < -0.3 is 19.5 Å². The van der Waals surface area contributed by atoms with Crippen LogP contribution in [0.5, 0.6) is 5.75 Å². The van der Waals surface area contributed by atoms with E-state index in [-0.39, 0.29) is 17.3 Å². The number of sulfone groups is 1. The first-order chi connectivity index (χ1) is 17.0. The van der Waals surface area contributed by atoms with E-state index in [2.05, 4.69) is 23.5 Å². The third kappa shape index (κ3) is 6.01. The van der Waals surface area contributed by atoms with Gasteiger partial charge in [0.15, 0.2) is 15.4 Å². The quantitative estimate of drug-likeness (QED) is 0.327. The first kappa shape index (κ1) is 28.3. The SMILES string of the molecule is CCCCC1(CC)CN(c2ccccc2)c2cc(SC)c(OCC(C)(O)C(=O)OC)cc2S(=O)(=O)C1. The van der Waals surface area contributed by atoms with E-state index in [1.54, 1.807) is 6.07 Å². The summed E-state index contributed by atoms with van der Waals surface area (Å²) in [6.07, 6.45) is 5.38. The molecule has 3 rings (SSSR count). The summed E-state index contributed by atoms with van der Waals surface area (Å²) in [5.74, 6) is -0.473. The third-order valence-corrected chi connectivity index (χ3v) is 9.62. The van der Waals surface area contributed by atoms with Crippen molar-refractivity contribution >= 4 is 38.9 Å². The van der Waals surface area contributed by atoms with Crippen molar-refractivity contribution < 1.29 is 27.8 Å². The van der Waals surface area contributed by atoms with Gasteiger partial charge in [0.05, 0.1) is 28.3 Å². The minimum absolute atomic E-state index is 0.0464. The number of carbonyl (C=O) groups is 1. The van der Waals surface area contributed by atoms with Crippen LogP contribution in [0.15, 0.2) is 52.3 Å². The second kappa shape index (κ2) is 11.4. The molecule has 1 aliphatic heterocycles. The molecule has 0 aliphatic carbocycles. The Morgan fingerprint density at radius 1 is 1.22 bits per heavy atom. The van der Waals surface area contributed by atoms with Gasteiger partial charge in [0.1, 0.15) is 12.4 Å². The van der Waals surface area contributed by atoms with E-state index >= 15 is 0 Å². The van der Waals surface area contributed by atoms with Gasteiger partial charge in [0.25, 0.3) is 0 Å². The van der Waals surface area contributed by atoms with Gasteiger partial charge >= 0.3 is 5.97 Å². The third-order valence-electron chi connectivity index (χ3n) is 6.87. The Balaban J connectivity index is 2.17. The van der Waals surface area contributed by atoms with Crippen molar-refractivity contribution in [1.29, 1.82) is 0 Å². The molecule has 1 heterocycles. The van der Waals surface area contributed by atoms with E-state index < -0.39 is 26.8 Å². The number of thioether (sulfide) groups is 1. The van der Waals surface area contributed by atoms with Gasteiger partial charge in [-0.2, -0.15) is 0 Å². The number of para-hydroxylation sites is 1. The maximum atomic E-state index is 13.9. The van der Waals surface area contributed by atoms with E-state index in [0.29, 0.717) is 22.9 Å². The summed E-state index contributed by atoms with van der Waals surface area (Å²) in [6.45, 7) is 5.71. The highest BCUT2D eigenvalue weighted by molar-refractivity contribution is 7.98. The number of aliphatic hydroxyl groups is 1. The number of methoxy groups -OCH3 is 1. The van der Waals surface area contributed by atoms with Crippen LogP contribution in [0.1, 0.15) is 46.5 Å². The molecule has 0 saturated carbocycles. The van der Waals surface area contributed by atoms with Crippen molar-refractivity contribution in [2.75, 3.05) is 37.2 Å². The van der Waals surface area contributed by atoms with E-state index in [4.69, 9.17) is 4.74 Å². The fourth-order valence-electron chi connectivity index (χ4n) is 4.64. The summed E-state index contributed by atoms with van der Waals surface area (Å²) in [7, 11) is -2.49. The number of esters is 1. The lowest BCUT2D eigenvalue weighted by molar-refractivity contribution is -0.163. The smallest absolute Gasteiger partial charge is 0.341 e. The maximum absolute atomic E-state index is 13.9. The largest absolute Gasteiger partial charge is 0.489 e. The lowest BCUT2D eigenvalue weighted by atomic mass is 9.81. The molecule has 2 unspecified atom stereocenters. The zero-order chi connectivity index (χ0) is 26.6. The second-order valence-electron chi connectivity index (χ2n) is 9.66. The minimum atomic E-state index is -3.68. The van der Waals surface area contributed by atoms with Crippen LogP contribution in [-0.4, -0.2) is 57.4 Å². The highest BCUT2D eigenvalue weighted by Crippen LogP contribution is 2.47. The standard InChI is InChI=1S/C27H37NO6S2/c1-6-8-14-27(7-2)17-28(20-12-10-9-11-13-20)21-15-23(35-5)22(16-24(21)36(31,32)19-27)34-18-26(3,30)25(29)33-4/h9-13,15-16,30H,6-8,14,17-19H2,1-5H3. The predicted molar refractivity (Wildman–Crippen MR) is 144 cm³/mol. The van der Waals surface area contributed by atoms with Crippen LogP contribution < -0.4 is 9.64 Å². The minimum Gasteiger partial charge on any atom is -0.489 e. The van der Waals surface area contributed by atoms with Crippen LogP contribution in [-0.2, 0) is 19.4 Å². The number of hydrogen-bond donors (Lipinski definition) is 1. The van der Waals surface area contributed by atoms with Crippen LogP contribution in [0.2, 0.25) is 0 Å². The molecule has 0 spiro atoms. The highest BCUT2D eigenvalue weighted by atomic mass is 32.2. The fourth-order valence-corrected chi connectivity index (χ4v) is 7.36. The predicted octanol–water partition coefficient (Wildman–Crippen LogP) is 5.22. The monoisotopic (exact) mass is 535 g/mol. The molecule has 0 radical (unpaired) electrons. The number of ether oxygens (including phenoxy) is 2. The molecular weight excluding hydrogens is 498 g/mol. The molecular formula is C27H37NO6S2. The van der Waals surface area contributed by atoms with Crippen LogP contribution in [0.3, 0.4) is 0 Å². The summed E-state index contributed by atoms with van der Waals surface area (Å²) in [5.41, 5.74) is -0.730. The molecule has 198 valence electrons. The Kier molecular flexibility index (Phi) is 9.01. The number of carbonyl (C=O) groups excluding carboxylic acids is 1. The zero-order valence-electron chi connectivity index (χ0n) is 21.7.